The number of furan rings is 1. The fraction of sp³-hybridized carbons (Fsp3) is 0.611. The number of hydrogen-bond acceptors (Lipinski definition) is 8. The molecule has 1 aliphatic rings. The molecule has 142 valence electrons. The number of hydrogen-bond donors (Lipinski definition) is 1. The molecule has 0 amide bonds. The molecule has 2 aromatic rings. The van der Waals surface area contributed by atoms with Crippen LogP contribution in [0.4, 0.5) is 5.82 Å². The Morgan fingerprint density at radius 2 is 2.12 bits per heavy atom. The van der Waals surface area contributed by atoms with Crippen molar-refractivity contribution < 1.29 is 18.7 Å². The van der Waals surface area contributed by atoms with E-state index < -0.39 is 5.97 Å². The summed E-state index contributed by atoms with van der Waals surface area (Å²) in [5, 5.41) is 4.06. The molecule has 0 radical (unpaired) electrons. The van der Waals surface area contributed by atoms with Gasteiger partial charge in [0.1, 0.15) is 23.5 Å². The zero-order chi connectivity index (χ0) is 18.5. The van der Waals surface area contributed by atoms with Crippen molar-refractivity contribution >= 4 is 22.9 Å². The molecule has 2 aromatic heterocycles. The number of aromatic nitrogens is 2. The molecule has 1 saturated heterocycles. The summed E-state index contributed by atoms with van der Waals surface area (Å²) in [5.74, 6) is 0.682. The molecule has 8 nitrogen and oxygen atoms in total. The van der Waals surface area contributed by atoms with E-state index in [0.29, 0.717) is 34.8 Å². The van der Waals surface area contributed by atoms with Crippen molar-refractivity contribution in [2.45, 2.75) is 33.2 Å². The van der Waals surface area contributed by atoms with Crippen molar-refractivity contribution in [2.24, 2.45) is 0 Å². The van der Waals surface area contributed by atoms with Crippen LogP contribution in [0, 0.1) is 6.92 Å². The van der Waals surface area contributed by atoms with Gasteiger partial charge in [0.05, 0.1) is 25.2 Å². The van der Waals surface area contributed by atoms with Crippen LogP contribution in [0.15, 0.2) is 10.7 Å². The van der Waals surface area contributed by atoms with Crippen molar-refractivity contribution in [3.05, 3.63) is 17.7 Å². The number of morpholine rings is 1. The molecular weight excluding hydrogens is 336 g/mol. The summed E-state index contributed by atoms with van der Waals surface area (Å²) in [5.41, 5.74) is 0.787. The fourth-order valence-corrected chi connectivity index (χ4v) is 3.17. The van der Waals surface area contributed by atoms with Gasteiger partial charge in [0.2, 0.25) is 5.71 Å². The normalized spacial score (nSPS) is 16.6. The van der Waals surface area contributed by atoms with Gasteiger partial charge >= 0.3 is 5.97 Å². The average molecular weight is 362 g/mol. The number of nitrogens with zero attached hydrogens (tertiary/aromatic N) is 3. The number of carbonyl (C=O) groups is 1. The quantitative estimate of drug-likeness (QED) is 0.750. The van der Waals surface area contributed by atoms with Gasteiger partial charge in [0.25, 0.3) is 0 Å². The number of rotatable bonds is 7. The van der Waals surface area contributed by atoms with Crippen LogP contribution in [0.3, 0.4) is 0 Å². The lowest BCUT2D eigenvalue weighted by Gasteiger charge is -2.30. The fourth-order valence-electron chi connectivity index (χ4n) is 3.17. The maximum absolute atomic E-state index is 12.4. The number of ether oxygens (including phenoxy) is 2. The Morgan fingerprint density at radius 3 is 2.81 bits per heavy atom. The zero-order valence-corrected chi connectivity index (χ0v) is 15.6. The summed E-state index contributed by atoms with van der Waals surface area (Å²) in [6, 6.07) is 0.191. The van der Waals surface area contributed by atoms with E-state index in [0.717, 1.165) is 39.3 Å². The molecule has 1 N–H and O–H groups in total. The minimum atomic E-state index is -0.414. The number of aryl methyl sites for hydroxylation is 1. The average Bonchev–Trinajstić information content (AvgIpc) is 2.99. The Morgan fingerprint density at radius 1 is 1.35 bits per heavy atom. The van der Waals surface area contributed by atoms with E-state index in [1.807, 2.05) is 0 Å². The lowest BCUT2D eigenvalue weighted by atomic mass is 10.1. The van der Waals surface area contributed by atoms with Crippen molar-refractivity contribution in [3.8, 4) is 0 Å². The van der Waals surface area contributed by atoms with Crippen LogP contribution in [-0.2, 0) is 9.47 Å². The van der Waals surface area contributed by atoms with Crippen molar-refractivity contribution in [2.75, 3.05) is 44.8 Å². The largest absolute Gasteiger partial charge is 0.462 e. The Kier molecular flexibility index (Phi) is 6.05. The highest BCUT2D eigenvalue weighted by Gasteiger charge is 2.25. The van der Waals surface area contributed by atoms with Crippen LogP contribution in [0.1, 0.15) is 36.4 Å². The van der Waals surface area contributed by atoms with E-state index in [1.54, 1.807) is 13.8 Å². The molecule has 1 fully saturated rings. The SMILES string of the molecule is CCOC(=O)c1c(C)oc2ncnc(N[C@@H](CC)CN3CCOCC3)c12. The number of fused-ring (bicyclic) bond motifs is 1. The Bertz CT molecular complexity index is 755. The Hall–Kier alpha value is -2.19. The van der Waals surface area contributed by atoms with Crippen LogP contribution in [-0.4, -0.2) is 66.3 Å². The van der Waals surface area contributed by atoms with E-state index >= 15 is 0 Å². The second kappa shape index (κ2) is 8.46. The first kappa shape index (κ1) is 18.6. The van der Waals surface area contributed by atoms with Crippen LogP contribution < -0.4 is 5.32 Å². The van der Waals surface area contributed by atoms with Crippen LogP contribution in [0.5, 0.6) is 0 Å². The van der Waals surface area contributed by atoms with E-state index in [-0.39, 0.29) is 6.04 Å². The Labute approximate surface area is 152 Å². The molecular formula is C18H26N4O4. The first-order valence-electron chi connectivity index (χ1n) is 9.11. The van der Waals surface area contributed by atoms with Crippen LogP contribution >= 0.6 is 0 Å². The molecule has 8 heteroatoms. The summed E-state index contributed by atoms with van der Waals surface area (Å²) >= 11 is 0. The summed E-state index contributed by atoms with van der Waals surface area (Å²) in [4.78, 5) is 23.3. The molecule has 0 aliphatic carbocycles. The monoisotopic (exact) mass is 362 g/mol. The van der Waals surface area contributed by atoms with Gasteiger partial charge < -0.3 is 19.2 Å². The molecule has 0 aromatic carbocycles. The lowest BCUT2D eigenvalue weighted by Crippen LogP contribution is -2.43. The van der Waals surface area contributed by atoms with Crippen molar-refractivity contribution in [3.63, 3.8) is 0 Å². The molecule has 26 heavy (non-hydrogen) atoms. The van der Waals surface area contributed by atoms with Crippen molar-refractivity contribution in [1.29, 1.82) is 0 Å². The van der Waals surface area contributed by atoms with E-state index in [2.05, 4.69) is 27.1 Å². The summed E-state index contributed by atoms with van der Waals surface area (Å²) in [7, 11) is 0. The van der Waals surface area contributed by atoms with Gasteiger partial charge in [-0.25, -0.2) is 14.8 Å². The summed E-state index contributed by atoms with van der Waals surface area (Å²) in [6.45, 7) is 10.2. The smallest absolute Gasteiger partial charge is 0.342 e. The Balaban J connectivity index is 1.87. The van der Waals surface area contributed by atoms with Gasteiger partial charge in [0, 0.05) is 25.7 Å². The minimum Gasteiger partial charge on any atom is -0.462 e. The highest BCUT2D eigenvalue weighted by Crippen LogP contribution is 2.30. The molecule has 0 unspecified atom stereocenters. The predicted octanol–water partition coefficient (Wildman–Crippen LogP) is 2.23. The third kappa shape index (κ3) is 3.96. The number of nitrogens with one attached hydrogen (secondary N) is 1. The number of carbonyl (C=O) groups excluding carboxylic acids is 1. The molecule has 1 atom stereocenters. The van der Waals surface area contributed by atoms with Gasteiger partial charge in [-0.1, -0.05) is 6.92 Å². The summed E-state index contributed by atoms with van der Waals surface area (Å²) < 4.78 is 16.2. The summed E-state index contributed by atoms with van der Waals surface area (Å²) in [6.07, 6.45) is 2.37. The van der Waals surface area contributed by atoms with Gasteiger partial charge in [-0.2, -0.15) is 0 Å². The maximum Gasteiger partial charge on any atom is 0.342 e. The minimum absolute atomic E-state index is 0.191. The lowest BCUT2D eigenvalue weighted by molar-refractivity contribution is 0.0360. The molecule has 3 rings (SSSR count). The first-order chi connectivity index (χ1) is 12.6. The standard InChI is InChI=1S/C18H26N4O4/c1-4-13(10-22-6-8-24-9-7-22)21-16-15-14(18(23)25-5-2)12(3)26-17(15)20-11-19-16/h11,13H,4-10H2,1-3H3,(H,19,20,21)/t13-/m0/s1. The third-order valence-corrected chi connectivity index (χ3v) is 4.56. The van der Waals surface area contributed by atoms with Crippen LogP contribution in [0.25, 0.3) is 11.1 Å². The van der Waals surface area contributed by atoms with Crippen LogP contribution in [0.2, 0.25) is 0 Å². The van der Waals surface area contributed by atoms with E-state index in [9.17, 15) is 4.79 Å². The number of esters is 1. The zero-order valence-electron chi connectivity index (χ0n) is 15.6. The van der Waals surface area contributed by atoms with Crippen molar-refractivity contribution in [1.82, 2.24) is 14.9 Å². The predicted molar refractivity (Wildman–Crippen MR) is 97.5 cm³/mol. The van der Waals surface area contributed by atoms with Gasteiger partial charge in [-0.3, -0.25) is 4.90 Å². The second-order valence-electron chi connectivity index (χ2n) is 6.32. The third-order valence-electron chi connectivity index (χ3n) is 4.56. The molecule has 0 spiro atoms. The maximum atomic E-state index is 12.4. The highest BCUT2D eigenvalue weighted by molar-refractivity contribution is 6.07. The first-order valence-corrected chi connectivity index (χ1v) is 9.11. The number of anilines is 1. The topological polar surface area (TPSA) is 89.7 Å². The van der Waals surface area contributed by atoms with Gasteiger partial charge in [-0.05, 0) is 20.3 Å². The molecule has 1 aliphatic heterocycles. The molecule has 0 bridgehead atoms. The van der Waals surface area contributed by atoms with E-state index in [4.69, 9.17) is 13.9 Å². The van der Waals surface area contributed by atoms with Gasteiger partial charge in [0.15, 0.2) is 0 Å². The van der Waals surface area contributed by atoms with Gasteiger partial charge in [-0.15, -0.1) is 0 Å². The highest BCUT2D eigenvalue weighted by atomic mass is 16.5. The molecule has 3 heterocycles. The van der Waals surface area contributed by atoms with E-state index in [1.165, 1.54) is 6.33 Å². The second-order valence-corrected chi connectivity index (χ2v) is 6.32. The molecule has 0 saturated carbocycles.